The molecule has 0 radical (unpaired) electrons. The Bertz CT molecular complexity index is 2390. The molecule has 0 spiro atoms. The van der Waals surface area contributed by atoms with Gasteiger partial charge in [0, 0.05) is 67.3 Å². The Labute approximate surface area is 292 Å². The van der Waals surface area contributed by atoms with E-state index in [1.54, 1.807) is 43.4 Å². The molecular formula is C35H32BrN5O9. The molecule has 0 bridgehead atoms. The number of rotatable bonds is 9. The van der Waals surface area contributed by atoms with Crippen molar-refractivity contribution in [3.8, 4) is 17.2 Å². The first-order valence-electron chi connectivity index (χ1n) is 15.8. The first-order chi connectivity index (χ1) is 24.1. The number of allylic oxidation sites excluding steroid dienone is 6. The zero-order valence-corrected chi connectivity index (χ0v) is 28.9. The fraction of sp³-hybridized carbons (Fsp3) is 0.314. The number of para-hydroxylation sites is 1. The Morgan fingerprint density at radius 2 is 1.74 bits per heavy atom. The molecule has 2 aromatic heterocycles. The van der Waals surface area contributed by atoms with Gasteiger partial charge in [0.15, 0.2) is 23.1 Å². The van der Waals surface area contributed by atoms with E-state index >= 15 is 0 Å². The van der Waals surface area contributed by atoms with Gasteiger partial charge in [-0.3, -0.25) is 14.4 Å². The summed E-state index contributed by atoms with van der Waals surface area (Å²) in [5, 5.41) is 9.45. The average molecular weight is 747 g/mol. The molecule has 0 saturated carbocycles. The third kappa shape index (κ3) is 5.19. The van der Waals surface area contributed by atoms with Crippen molar-refractivity contribution in [3.63, 3.8) is 0 Å². The van der Waals surface area contributed by atoms with Gasteiger partial charge in [-0.05, 0) is 27.6 Å². The van der Waals surface area contributed by atoms with E-state index in [-0.39, 0.29) is 77.6 Å². The van der Waals surface area contributed by atoms with Gasteiger partial charge in [0.05, 0.1) is 48.9 Å². The van der Waals surface area contributed by atoms with Gasteiger partial charge >= 0.3 is 11.4 Å². The number of methoxy groups -OCH3 is 2. The topological polar surface area (TPSA) is 166 Å². The third-order valence-electron chi connectivity index (χ3n) is 9.48. The van der Waals surface area contributed by atoms with Crippen LogP contribution < -0.4 is 31.1 Å². The largest absolute Gasteiger partial charge is 0.493 e. The van der Waals surface area contributed by atoms with Crippen LogP contribution >= 0.6 is 15.9 Å². The number of benzene rings is 2. The minimum atomic E-state index is -0.774. The fourth-order valence-electron chi connectivity index (χ4n) is 7.17. The molecule has 2 atom stereocenters. The van der Waals surface area contributed by atoms with E-state index in [1.807, 2.05) is 6.08 Å². The number of hydrogen-bond acceptors (Lipinski definition) is 10. The van der Waals surface area contributed by atoms with Crippen molar-refractivity contribution in [1.82, 2.24) is 23.5 Å². The van der Waals surface area contributed by atoms with Crippen LogP contribution in [-0.2, 0) is 36.1 Å². The number of nitrogens with zero attached hydrogens (tertiary/aromatic N) is 5. The maximum absolute atomic E-state index is 14.2. The predicted octanol–water partition coefficient (Wildman–Crippen LogP) is 2.09. The Balaban J connectivity index is 1.30. The number of halogens is 1. The summed E-state index contributed by atoms with van der Waals surface area (Å²) in [7, 11) is 4.59. The smallest absolute Gasteiger partial charge is 0.347 e. The second-order valence-electron chi connectivity index (χ2n) is 12.1. The minimum Gasteiger partial charge on any atom is -0.493 e. The fourth-order valence-corrected chi connectivity index (χ4v) is 7.62. The highest BCUT2D eigenvalue weighted by Gasteiger charge is 2.45. The van der Waals surface area contributed by atoms with Crippen molar-refractivity contribution in [2.24, 2.45) is 7.05 Å². The van der Waals surface area contributed by atoms with Gasteiger partial charge in [0.25, 0.3) is 5.56 Å². The predicted molar refractivity (Wildman–Crippen MR) is 184 cm³/mol. The molecule has 4 aromatic rings. The SMILES string of the molecule is COc1cc2nc(CCn3c(=O)n4n(c3=O)C3CC5=C(C(=O)C=C(Br)C5=O)C(c5ccccc5OCCO)C3=CC4)c(=O)n(C)c2cc1OC. The average Bonchev–Trinajstić information content (AvgIpc) is 3.37. The lowest BCUT2D eigenvalue weighted by atomic mass is 9.68. The number of aromatic nitrogens is 5. The lowest BCUT2D eigenvalue weighted by Crippen LogP contribution is -2.40. The Morgan fingerprint density at radius 3 is 2.48 bits per heavy atom. The molecule has 0 fully saturated rings. The second kappa shape index (κ2) is 12.9. The van der Waals surface area contributed by atoms with Gasteiger partial charge in [-0.2, -0.15) is 0 Å². The van der Waals surface area contributed by atoms with Gasteiger partial charge in [-0.15, -0.1) is 0 Å². The Morgan fingerprint density at radius 1 is 1.00 bits per heavy atom. The van der Waals surface area contributed by atoms with Crippen molar-refractivity contribution in [2.45, 2.75) is 37.9 Å². The number of aryl methyl sites for hydroxylation is 2. The number of ether oxygens (including phenoxy) is 3. The number of fused-ring (bicyclic) bond motifs is 4. The summed E-state index contributed by atoms with van der Waals surface area (Å²) >= 11 is 3.23. The van der Waals surface area contributed by atoms with Gasteiger partial charge in [0.1, 0.15) is 18.1 Å². The molecule has 50 heavy (non-hydrogen) atoms. The highest BCUT2D eigenvalue weighted by molar-refractivity contribution is 9.12. The second-order valence-corrected chi connectivity index (χ2v) is 12.9. The number of aliphatic hydroxyl groups is 1. The molecule has 258 valence electrons. The molecular weight excluding hydrogens is 714 g/mol. The van der Waals surface area contributed by atoms with Crippen LogP contribution in [0.5, 0.6) is 17.2 Å². The number of carbonyl (C=O) groups is 2. The molecule has 15 heteroatoms. The van der Waals surface area contributed by atoms with Crippen molar-refractivity contribution >= 4 is 38.5 Å². The highest BCUT2D eigenvalue weighted by atomic mass is 79.9. The number of ketones is 2. The molecule has 14 nitrogen and oxygen atoms in total. The maximum atomic E-state index is 14.2. The summed E-state index contributed by atoms with van der Waals surface area (Å²) in [4.78, 5) is 72.9. The highest BCUT2D eigenvalue weighted by Crippen LogP contribution is 2.51. The summed E-state index contributed by atoms with van der Waals surface area (Å²) in [6.07, 6.45) is 3.07. The van der Waals surface area contributed by atoms with Crippen LogP contribution in [0.25, 0.3) is 11.0 Å². The van der Waals surface area contributed by atoms with E-state index < -0.39 is 23.3 Å². The van der Waals surface area contributed by atoms with Crippen LogP contribution in [0.1, 0.15) is 29.6 Å². The molecule has 1 N–H and O–H groups in total. The van der Waals surface area contributed by atoms with Crippen LogP contribution in [0.3, 0.4) is 0 Å². The molecule has 2 unspecified atom stereocenters. The molecule has 0 saturated heterocycles. The van der Waals surface area contributed by atoms with E-state index in [4.69, 9.17) is 14.2 Å². The van der Waals surface area contributed by atoms with Gasteiger partial charge in [-0.1, -0.05) is 24.3 Å². The van der Waals surface area contributed by atoms with Crippen LogP contribution in [0, 0.1) is 0 Å². The number of Topliss-reactive ketones (excluding diaryl/α,β-unsaturated/α-hetero) is 1. The molecule has 2 aliphatic carbocycles. The first kappa shape index (κ1) is 33.2. The van der Waals surface area contributed by atoms with Crippen LogP contribution in [-0.4, -0.2) is 67.6 Å². The molecule has 7 rings (SSSR count). The lowest BCUT2D eigenvalue weighted by molar-refractivity contribution is -0.115. The number of aliphatic hydroxyl groups excluding tert-OH is 1. The third-order valence-corrected chi connectivity index (χ3v) is 10.1. The standard InChI is InChI=1S/C35H32BrN5O9/c1-38-25-17-29(49-3)28(48-2)16-23(25)37-22(33(38)45)9-10-39-34(46)40-11-8-18-24(41(40)35(39)47)14-20-31(26(43)15-21(36)32(20)44)30(18)19-6-4-5-7-27(19)50-13-12-42/h4-8,15-17,24,30,42H,9-14H2,1-3H3. The molecule has 1 aliphatic heterocycles. The first-order valence-corrected chi connectivity index (χ1v) is 16.6. The van der Waals surface area contributed by atoms with Crippen molar-refractivity contribution < 1.29 is 28.9 Å². The van der Waals surface area contributed by atoms with E-state index in [2.05, 4.69) is 20.9 Å². The monoisotopic (exact) mass is 745 g/mol. The lowest BCUT2D eigenvalue weighted by Gasteiger charge is -2.39. The summed E-state index contributed by atoms with van der Waals surface area (Å²) in [6, 6.07) is 9.59. The quantitative estimate of drug-likeness (QED) is 0.198. The van der Waals surface area contributed by atoms with E-state index in [9.17, 15) is 29.1 Å². The van der Waals surface area contributed by atoms with Gasteiger partial charge in [-0.25, -0.2) is 28.5 Å². The van der Waals surface area contributed by atoms with Crippen molar-refractivity contribution in [1.29, 1.82) is 0 Å². The van der Waals surface area contributed by atoms with Crippen LogP contribution in [0.2, 0.25) is 0 Å². The van der Waals surface area contributed by atoms with Crippen LogP contribution in [0.4, 0.5) is 0 Å². The van der Waals surface area contributed by atoms with E-state index in [0.29, 0.717) is 39.4 Å². The Hall–Kier alpha value is -5.28. The van der Waals surface area contributed by atoms with Crippen molar-refractivity contribution in [3.05, 3.63) is 112 Å². The molecule has 3 heterocycles. The van der Waals surface area contributed by atoms with E-state index in [0.717, 1.165) is 4.57 Å². The van der Waals surface area contributed by atoms with E-state index in [1.165, 1.54) is 34.2 Å². The zero-order valence-electron chi connectivity index (χ0n) is 27.3. The molecule has 3 aliphatic rings. The van der Waals surface area contributed by atoms with Crippen molar-refractivity contribution in [2.75, 3.05) is 27.4 Å². The summed E-state index contributed by atoms with van der Waals surface area (Å²) in [6.45, 7) is -0.320. The zero-order chi connectivity index (χ0) is 35.4. The number of hydrogen-bond donors (Lipinski definition) is 1. The minimum absolute atomic E-state index is 0.00622. The summed E-state index contributed by atoms with van der Waals surface area (Å²) in [5.41, 5.74) is 1.35. The number of carbonyl (C=O) groups excluding carboxylic acids is 2. The molecule has 0 amide bonds. The summed E-state index contributed by atoms with van der Waals surface area (Å²) in [5.74, 6) is -0.192. The van der Waals surface area contributed by atoms with Crippen LogP contribution in [0.15, 0.2) is 84.1 Å². The maximum Gasteiger partial charge on any atom is 0.347 e. The summed E-state index contributed by atoms with van der Waals surface area (Å²) < 4.78 is 21.9. The van der Waals surface area contributed by atoms with Gasteiger partial charge in [0.2, 0.25) is 0 Å². The molecule has 2 aromatic carbocycles. The van der Waals surface area contributed by atoms with Gasteiger partial charge < -0.3 is 23.9 Å². The Kier molecular flexibility index (Phi) is 8.56. The normalized spacial score (nSPS) is 18.3.